The van der Waals surface area contributed by atoms with Crippen LogP contribution in [0.5, 0.6) is 5.75 Å². The molecular weight excluding hydrogens is 421 g/mol. The average Bonchev–Trinajstić information content (AvgIpc) is 3.32. The van der Waals surface area contributed by atoms with Gasteiger partial charge < -0.3 is 14.1 Å². The molecule has 0 aliphatic carbocycles. The number of hydrogen-bond acceptors (Lipinski definition) is 5. The van der Waals surface area contributed by atoms with E-state index < -0.39 is 0 Å². The lowest BCUT2D eigenvalue weighted by molar-refractivity contribution is 0.0602. The van der Waals surface area contributed by atoms with Gasteiger partial charge in [-0.05, 0) is 48.9 Å². The molecule has 7 heteroatoms. The molecule has 1 saturated heterocycles. The molecule has 1 aromatic heterocycles. The number of carbonyl (C=O) groups excluding carboxylic acids is 1. The van der Waals surface area contributed by atoms with Crippen LogP contribution in [0.15, 0.2) is 65.1 Å². The summed E-state index contributed by atoms with van der Waals surface area (Å²) >= 11 is 0. The zero-order valence-corrected chi connectivity index (χ0v) is 18.3. The second-order valence-electron chi connectivity index (χ2n) is 8.23. The summed E-state index contributed by atoms with van der Waals surface area (Å²) in [5, 5.41) is 10.2. The Labute approximate surface area is 191 Å². The lowest BCUT2D eigenvalue weighted by atomic mass is 9.97. The van der Waals surface area contributed by atoms with Crippen LogP contribution in [-0.2, 0) is 6.42 Å². The van der Waals surface area contributed by atoms with E-state index in [1.807, 2.05) is 41.3 Å². The van der Waals surface area contributed by atoms with Crippen LogP contribution in [0.4, 0.5) is 4.39 Å². The summed E-state index contributed by atoms with van der Waals surface area (Å²) in [7, 11) is 1.60. The van der Waals surface area contributed by atoms with Crippen LogP contribution >= 0.6 is 0 Å². The zero-order valence-electron chi connectivity index (χ0n) is 18.3. The Kier molecular flexibility index (Phi) is 5.77. The van der Waals surface area contributed by atoms with Crippen LogP contribution in [0.2, 0.25) is 0 Å². The molecule has 0 N–H and O–H groups in total. The second kappa shape index (κ2) is 9.02. The number of fused-ring (bicyclic) bond motifs is 1. The van der Waals surface area contributed by atoms with E-state index in [-0.39, 0.29) is 23.7 Å². The van der Waals surface area contributed by atoms with Crippen LogP contribution in [0.3, 0.4) is 0 Å². The van der Waals surface area contributed by atoms with Gasteiger partial charge in [0.1, 0.15) is 11.6 Å². The molecular formula is C26H24FN3O3. The fourth-order valence-corrected chi connectivity index (χ4v) is 4.54. The molecule has 0 spiro atoms. The van der Waals surface area contributed by atoms with Crippen molar-refractivity contribution in [2.75, 3.05) is 13.7 Å². The van der Waals surface area contributed by atoms with Crippen LogP contribution in [0.1, 0.15) is 35.5 Å². The van der Waals surface area contributed by atoms with Gasteiger partial charge in [0.15, 0.2) is 0 Å². The van der Waals surface area contributed by atoms with Gasteiger partial charge >= 0.3 is 0 Å². The van der Waals surface area contributed by atoms with Gasteiger partial charge in [0.2, 0.25) is 11.8 Å². The molecule has 1 aliphatic heterocycles. The molecule has 6 nitrogen and oxygen atoms in total. The topological polar surface area (TPSA) is 68.5 Å². The maximum atomic E-state index is 13.6. The minimum atomic E-state index is -0.361. The number of amides is 1. The van der Waals surface area contributed by atoms with E-state index in [9.17, 15) is 9.18 Å². The summed E-state index contributed by atoms with van der Waals surface area (Å²) in [6.07, 6.45) is 3.26. The molecule has 0 bridgehead atoms. The van der Waals surface area contributed by atoms with E-state index in [2.05, 4.69) is 10.2 Å². The van der Waals surface area contributed by atoms with E-state index in [1.54, 1.807) is 19.2 Å². The number of methoxy groups -OCH3 is 1. The molecule has 0 saturated carbocycles. The van der Waals surface area contributed by atoms with Crippen molar-refractivity contribution in [3.8, 4) is 17.2 Å². The van der Waals surface area contributed by atoms with Crippen LogP contribution in [0, 0.1) is 5.82 Å². The Morgan fingerprint density at radius 2 is 2.00 bits per heavy atom. The molecule has 5 rings (SSSR count). The summed E-state index contributed by atoms with van der Waals surface area (Å²) in [4.78, 5) is 15.5. The minimum Gasteiger partial charge on any atom is -0.495 e. The monoisotopic (exact) mass is 445 g/mol. The number of carbonyl (C=O) groups is 1. The number of halogens is 1. The molecule has 168 valence electrons. The van der Waals surface area contributed by atoms with Crippen molar-refractivity contribution in [3.05, 3.63) is 77.9 Å². The molecule has 1 fully saturated rings. The highest BCUT2D eigenvalue weighted by Gasteiger charge is 2.31. The number of nitrogens with zero attached hydrogens (tertiary/aromatic N) is 3. The van der Waals surface area contributed by atoms with Crippen molar-refractivity contribution in [2.24, 2.45) is 0 Å². The quantitative estimate of drug-likeness (QED) is 0.418. The summed E-state index contributed by atoms with van der Waals surface area (Å²) < 4.78 is 25.0. The maximum Gasteiger partial charge on any atom is 0.257 e. The van der Waals surface area contributed by atoms with Crippen molar-refractivity contribution in [2.45, 2.75) is 31.7 Å². The Morgan fingerprint density at radius 3 is 2.85 bits per heavy atom. The van der Waals surface area contributed by atoms with Crippen LogP contribution < -0.4 is 4.74 Å². The van der Waals surface area contributed by atoms with E-state index in [0.29, 0.717) is 35.7 Å². The number of likely N-dealkylation sites (tertiary alicyclic amines) is 1. The summed E-state index contributed by atoms with van der Waals surface area (Å²) in [6, 6.07) is 17.6. The number of piperidine rings is 1. The predicted octanol–water partition coefficient (Wildman–Crippen LogP) is 5.27. The van der Waals surface area contributed by atoms with Gasteiger partial charge in [-0.15, -0.1) is 10.2 Å². The van der Waals surface area contributed by atoms with E-state index in [0.717, 1.165) is 30.0 Å². The first-order valence-electron chi connectivity index (χ1n) is 11.1. The summed E-state index contributed by atoms with van der Waals surface area (Å²) in [5.41, 5.74) is 1.08. The van der Waals surface area contributed by atoms with E-state index >= 15 is 0 Å². The third kappa shape index (κ3) is 4.18. The lowest BCUT2D eigenvalue weighted by Gasteiger charge is -2.35. The first kappa shape index (κ1) is 21.1. The van der Waals surface area contributed by atoms with Crippen molar-refractivity contribution < 1.29 is 18.3 Å². The average molecular weight is 445 g/mol. The van der Waals surface area contributed by atoms with E-state index in [1.165, 1.54) is 12.1 Å². The van der Waals surface area contributed by atoms with Crippen molar-refractivity contribution in [1.82, 2.24) is 15.1 Å². The van der Waals surface area contributed by atoms with Gasteiger partial charge in [-0.2, -0.15) is 0 Å². The number of hydrogen-bond donors (Lipinski definition) is 0. The summed E-state index contributed by atoms with van der Waals surface area (Å²) in [6.45, 7) is 0.657. The highest BCUT2D eigenvalue weighted by atomic mass is 19.1. The van der Waals surface area contributed by atoms with Crippen LogP contribution in [0.25, 0.3) is 22.2 Å². The standard InChI is InChI=1S/C26H24FN3O3/c1-32-24-21-11-3-2-7-17(21)12-13-22(24)26(31)30-14-5-4-10-20(30)16-23-28-29-25(33-23)18-8-6-9-19(27)15-18/h2-3,6-9,11-13,15,20H,4-5,10,14,16H2,1H3/t20-/m0/s1. The zero-order chi connectivity index (χ0) is 22.8. The molecule has 0 unspecified atom stereocenters. The summed E-state index contributed by atoms with van der Waals surface area (Å²) in [5.74, 6) is 0.875. The van der Waals surface area contributed by atoms with Gasteiger partial charge in [-0.3, -0.25) is 4.79 Å². The first-order chi connectivity index (χ1) is 16.1. The Bertz CT molecular complexity index is 1300. The van der Waals surface area contributed by atoms with Gasteiger partial charge in [-0.1, -0.05) is 36.4 Å². The molecule has 4 aromatic rings. The molecule has 0 radical (unpaired) electrons. The first-order valence-corrected chi connectivity index (χ1v) is 11.1. The van der Waals surface area contributed by atoms with Gasteiger partial charge in [0.05, 0.1) is 12.7 Å². The smallest absolute Gasteiger partial charge is 0.257 e. The largest absolute Gasteiger partial charge is 0.495 e. The molecule has 1 amide bonds. The van der Waals surface area contributed by atoms with E-state index in [4.69, 9.17) is 9.15 Å². The third-order valence-corrected chi connectivity index (χ3v) is 6.15. The molecule has 1 atom stereocenters. The lowest BCUT2D eigenvalue weighted by Crippen LogP contribution is -2.45. The number of aromatic nitrogens is 2. The fourth-order valence-electron chi connectivity index (χ4n) is 4.54. The fraction of sp³-hybridized carbons (Fsp3) is 0.269. The molecule has 1 aliphatic rings. The third-order valence-electron chi connectivity index (χ3n) is 6.15. The SMILES string of the molecule is COc1c(C(=O)N2CCCC[C@H]2Cc2nnc(-c3cccc(F)c3)o2)ccc2ccccc12. The van der Waals surface area contributed by atoms with Crippen molar-refractivity contribution in [1.29, 1.82) is 0 Å². The Hall–Kier alpha value is -3.74. The predicted molar refractivity (Wildman–Crippen MR) is 123 cm³/mol. The number of rotatable bonds is 5. The maximum absolute atomic E-state index is 13.6. The molecule has 3 aromatic carbocycles. The molecule has 2 heterocycles. The van der Waals surface area contributed by atoms with Crippen molar-refractivity contribution in [3.63, 3.8) is 0 Å². The molecule has 33 heavy (non-hydrogen) atoms. The highest BCUT2D eigenvalue weighted by molar-refractivity contribution is 6.04. The second-order valence-corrected chi connectivity index (χ2v) is 8.23. The highest BCUT2D eigenvalue weighted by Crippen LogP contribution is 2.32. The number of benzene rings is 3. The normalized spacial score (nSPS) is 16.2. The van der Waals surface area contributed by atoms with Crippen molar-refractivity contribution >= 4 is 16.7 Å². The Morgan fingerprint density at radius 1 is 1.12 bits per heavy atom. The van der Waals surface area contributed by atoms with Gasteiger partial charge in [-0.25, -0.2) is 4.39 Å². The Balaban J connectivity index is 1.41. The minimum absolute atomic E-state index is 0.0628. The number of ether oxygens (including phenoxy) is 1. The van der Waals surface area contributed by atoms with Gasteiger partial charge in [0.25, 0.3) is 5.91 Å². The van der Waals surface area contributed by atoms with Crippen LogP contribution in [-0.4, -0.2) is 40.7 Å². The van der Waals surface area contributed by atoms with Gasteiger partial charge in [0, 0.05) is 30.0 Å².